The first-order chi connectivity index (χ1) is 7.85. The zero-order valence-electron chi connectivity index (χ0n) is 10.4. The Balaban J connectivity index is 2.77. The minimum Gasteiger partial charge on any atom is -0.430 e. The van der Waals surface area contributed by atoms with Crippen LogP contribution in [-0.2, 0) is 0 Å². The third kappa shape index (κ3) is 3.71. The summed E-state index contributed by atoms with van der Waals surface area (Å²) in [4.78, 5) is 24.3. The van der Waals surface area contributed by atoms with Crippen LogP contribution >= 0.6 is 0 Å². The zero-order valence-corrected chi connectivity index (χ0v) is 10.4. The fourth-order valence-corrected chi connectivity index (χ4v) is 1.48. The number of carbonyl (C=O) groups excluding carboxylic acids is 1. The van der Waals surface area contributed by atoms with Crippen LogP contribution in [0.15, 0.2) is 27.6 Å². The second-order valence-electron chi connectivity index (χ2n) is 4.87. The van der Waals surface area contributed by atoms with Crippen LogP contribution < -0.4 is 11.4 Å². The second-order valence-corrected chi connectivity index (χ2v) is 4.87. The van der Waals surface area contributed by atoms with Crippen LogP contribution in [0, 0.1) is 5.41 Å². The molecule has 0 aromatic carbocycles. The van der Waals surface area contributed by atoms with E-state index in [4.69, 9.17) is 5.73 Å². The van der Waals surface area contributed by atoms with Crippen LogP contribution in [0.2, 0.25) is 0 Å². The van der Waals surface area contributed by atoms with E-state index in [0.717, 1.165) is 0 Å². The van der Waals surface area contributed by atoms with Crippen molar-refractivity contribution < 1.29 is 9.21 Å². The quantitative estimate of drug-likeness (QED) is 0.837. The predicted molar refractivity (Wildman–Crippen MR) is 64.8 cm³/mol. The summed E-state index contributed by atoms with van der Waals surface area (Å²) in [6, 6.07) is 2.69. The molecule has 0 atom stereocenters. The van der Waals surface area contributed by atoms with Gasteiger partial charge in [-0.15, -0.1) is 0 Å². The van der Waals surface area contributed by atoms with Gasteiger partial charge < -0.3 is 15.1 Å². The van der Waals surface area contributed by atoms with E-state index >= 15 is 0 Å². The Morgan fingerprint density at radius 1 is 1.47 bits per heavy atom. The second kappa shape index (κ2) is 5.14. The van der Waals surface area contributed by atoms with E-state index in [2.05, 4.69) is 4.42 Å². The molecule has 0 unspecified atom stereocenters. The first-order valence-corrected chi connectivity index (χ1v) is 5.40. The molecular weight excluding hydrogens is 220 g/mol. The van der Waals surface area contributed by atoms with Crippen molar-refractivity contribution in [2.24, 2.45) is 11.1 Å². The van der Waals surface area contributed by atoms with Gasteiger partial charge in [-0.05, 0) is 18.0 Å². The molecule has 94 valence electrons. The third-order valence-electron chi connectivity index (χ3n) is 2.51. The van der Waals surface area contributed by atoms with Crippen LogP contribution in [0.3, 0.4) is 0 Å². The molecule has 0 fully saturated rings. The lowest BCUT2D eigenvalue weighted by Gasteiger charge is -2.28. The molecule has 1 rings (SSSR count). The number of nitrogens with zero attached hydrogens (tertiary/aromatic N) is 1. The van der Waals surface area contributed by atoms with Crippen LogP contribution in [0.5, 0.6) is 0 Å². The van der Waals surface area contributed by atoms with Gasteiger partial charge in [0.05, 0.1) is 5.56 Å². The SMILES string of the molecule is CN(CC(C)(C)CN)C(=O)c1ccc(=O)oc1. The summed E-state index contributed by atoms with van der Waals surface area (Å²) in [6.45, 7) is 5.01. The van der Waals surface area contributed by atoms with E-state index in [1.807, 2.05) is 13.8 Å². The average molecular weight is 238 g/mol. The molecule has 2 N–H and O–H groups in total. The molecule has 0 aliphatic rings. The molecule has 17 heavy (non-hydrogen) atoms. The van der Waals surface area contributed by atoms with Gasteiger partial charge in [0.15, 0.2) is 0 Å². The normalized spacial score (nSPS) is 11.3. The number of hydrogen-bond donors (Lipinski definition) is 1. The lowest BCUT2D eigenvalue weighted by atomic mass is 9.93. The lowest BCUT2D eigenvalue weighted by molar-refractivity contribution is 0.0738. The fraction of sp³-hybridized carbons (Fsp3) is 0.500. The molecule has 1 aromatic rings. The molecule has 1 amide bonds. The summed E-state index contributed by atoms with van der Waals surface area (Å²) in [5.74, 6) is -0.185. The van der Waals surface area contributed by atoms with Gasteiger partial charge in [-0.1, -0.05) is 13.8 Å². The summed E-state index contributed by atoms with van der Waals surface area (Å²) in [7, 11) is 1.70. The third-order valence-corrected chi connectivity index (χ3v) is 2.51. The highest BCUT2D eigenvalue weighted by atomic mass is 16.4. The minimum atomic E-state index is -0.466. The van der Waals surface area contributed by atoms with Crippen LogP contribution in [0.1, 0.15) is 24.2 Å². The first kappa shape index (κ1) is 13.4. The van der Waals surface area contributed by atoms with Crippen LogP contribution in [-0.4, -0.2) is 30.9 Å². The van der Waals surface area contributed by atoms with E-state index in [0.29, 0.717) is 18.7 Å². The van der Waals surface area contributed by atoms with Gasteiger partial charge in [0.2, 0.25) is 0 Å². The fourth-order valence-electron chi connectivity index (χ4n) is 1.48. The monoisotopic (exact) mass is 238 g/mol. The first-order valence-electron chi connectivity index (χ1n) is 5.40. The largest absolute Gasteiger partial charge is 0.430 e. The van der Waals surface area contributed by atoms with Crippen molar-refractivity contribution in [3.63, 3.8) is 0 Å². The van der Waals surface area contributed by atoms with E-state index in [1.165, 1.54) is 18.4 Å². The van der Waals surface area contributed by atoms with Gasteiger partial charge in [0.1, 0.15) is 6.26 Å². The Hall–Kier alpha value is -1.62. The molecule has 5 heteroatoms. The summed E-state index contributed by atoms with van der Waals surface area (Å²) in [6.07, 6.45) is 1.18. The van der Waals surface area contributed by atoms with Gasteiger partial charge >= 0.3 is 5.63 Å². The molecule has 0 radical (unpaired) electrons. The van der Waals surface area contributed by atoms with Gasteiger partial charge in [0.25, 0.3) is 5.91 Å². The van der Waals surface area contributed by atoms with Crippen LogP contribution in [0.25, 0.3) is 0 Å². The average Bonchev–Trinajstić information content (AvgIpc) is 2.28. The molecule has 5 nitrogen and oxygen atoms in total. The molecule has 0 saturated carbocycles. The lowest BCUT2D eigenvalue weighted by Crippen LogP contribution is -2.39. The summed E-state index contributed by atoms with van der Waals surface area (Å²) < 4.78 is 4.66. The van der Waals surface area contributed by atoms with Crippen molar-refractivity contribution in [2.45, 2.75) is 13.8 Å². The predicted octanol–water partition coefficient (Wildman–Crippen LogP) is 0.697. The smallest absolute Gasteiger partial charge is 0.335 e. The van der Waals surface area contributed by atoms with Crippen molar-refractivity contribution >= 4 is 5.91 Å². The van der Waals surface area contributed by atoms with E-state index < -0.39 is 5.63 Å². The Labute approximate surface area is 100 Å². The van der Waals surface area contributed by atoms with E-state index in [1.54, 1.807) is 11.9 Å². The molecule has 0 aliphatic carbocycles. The van der Waals surface area contributed by atoms with E-state index in [9.17, 15) is 9.59 Å². The maximum atomic E-state index is 12.0. The summed E-state index contributed by atoms with van der Waals surface area (Å²) in [5, 5.41) is 0. The summed E-state index contributed by atoms with van der Waals surface area (Å²) in [5.41, 5.74) is 5.37. The van der Waals surface area contributed by atoms with Crippen molar-refractivity contribution in [1.82, 2.24) is 4.90 Å². The van der Waals surface area contributed by atoms with Crippen molar-refractivity contribution in [3.8, 4) is 0 Å². The van der Waals surface area contributed by atoms with E-state index in [-0.39, 0.29) is 11.3 Å². The number of nitrogens with two attached hydrogens (primary N) is 1. The Kier molecular flexibility index (Phi) is 4.07. The molecule has 0 bridgehead atoms. The van der Waals surface area contributed by atoms with Crippen molar-refractivity contribution in [3.05, 3.63) is 34.4 Å². The number of hydrogen-bond acceptors (Lipinski definition) is 4. The van der Waals surface area contributed by atoms with Crippen molar-refractivity contribution in [1.29, 1.82) is 0 Å². The van der Waals surface area contributed by atoms with Gasteiger partial charge in [-0.3, -0.25) is 4.79 Å². The number of amides is 1. The highest BCUT2D eigenvalue weighted by molar-refractivity contribution is 5.93. The highest BCUT2D eigenvalue weighted by Gasteiger charge is 2.22. The molecule has 0 spiro atoms. The number of rotatable bonds is 4. The highest BCUT2D eigenvalue weighted by Crippen LogP contribution is 2.15. The summed E-state index contributed by atoms with van der Waals surface area (Å²) >= 11 is 0. The maximum Gasteiger partial charge on any atom is 0.335 e. The van der Waals surface area contributed by atoms with Gasteiger partial charge in [0, 0.05) is 19.7 Å². The van der Waals surface area contributed by atoms with Crippen molar-refractivity contribution in [2.75, 3.05) is 20.1 Å². The van der Waals surface area contributed by atoms with Gasteiger partial charge in [-0.25, -0.2) is 4.79 Å². The molecular formula is C12H18N2O3. The maximum absolute atomic E-state index is 12.0. The molecule has 1 heterocycles. The standard InChI is InChI=1S/C12H18N2O3/c1-12(2,7-13)8-14(3)11(16)9-4-5-10(15)17-6-9/h4-6H,7-8,13H2,1-3H3. The molecule has 0 aliphatic heterocycles. The van der Waals surface area contributed by atoms with Gasteiger partial charge in [-0.2, -0.15) is 0 Å². The Bertz CT molecular complexity index is 431. The zero-order chi connectivity index (χ0) is 13.1. The molecule has 1 aromatic heterocycles. The topological polar surface area (TPSA) is 76.5 Å². The number of carbonyl (C=O) groups is 1. The minimum absolute atomic E-state index is 0.139. The Morgan fingerprint density at radius 2 is 2.12 bits per heavy atom. The molecule has 0 saturated heterocycles. The van der Waals surface area contributed by atoms with Crippen LogP contribution in [0.4, 0.5) is 0 Å². The Morgan fingerprint density at radius 3 is 2.59 bits per heavy atom.